The molecule has 0 saturated heterocycles. The highest BCUT2D eigenvalue weighted by molar-refractivity contribution is 5.42. The lowest BCUT2D eigenvalue weighted by atomic mass is 10.2. The Bertz CT molecular complexity index is 392. The molecule has 1 aromatic rings. The van der Waals surface area contributed by atoms with E-state index in [1.165, 1.54) is 5.56 Å². The molecule has 114 valence electrons. The van der Waals surface area contributed by atoms with Gasteiger partial charge in [-0.25, -0.2) is 0 Å². The van der Waals surface area contributed by atoms with Crippen molar-refractivity contribution in [2.24, 2.45) is 0 Å². The molecule has 0 spiro atoms. The molecule has 4 heteroatoms. The number of methoxy groups -OCH3 is 1. The molecule has 0 heterocycles. The minimum absolute atomic E-state index is 0.475. The second kappa shape index (κ2) is 8.82. The fourth-order valence-electron chi connectivity index (χ4n) is 1.83. The van der Waals surface area contributed by atoms with Gasteiger partial charge < -0.3 is 19.7 Å². The van der Waals surface area contributed by atoms with Crippen LogP contribution in [0.15, 0.2) is 18.2 Å². The quantitative estimate of drug-likeness (QED) is 0.705. The van der Waals surface area contributed by atoms with E-state index in [1.807, 2.05) is 12.1 Å². The maximum atomic E-state index is 5.79. The third-order valence-corrected chi connectivity index (χ3v) is 2.95. The Balaban J connectivity index is 2.54. The molecular weight excluding hydrogens is 252 g/mol. The van der Waals surface area contributed by atoms with E-state index in [0.717, 1.165) is 31.0 Å². The molecule has 0 aromatic heterocycles. The third-order valence-electron chi connectivity index (χ3n) is 2.95. The fraction of sp³-hybridized carbons (Fsp3) is 0.625. The van der Waals surface area contributed by atoms with Crippen LogP contribution >= 0.6 is 0 Å². The van der Waals surface area contributed by atoms with Gasteiger partial charge in [0.2, 0.25) is 0 Å². The molecule has 0 saturated carbocycles. The maximum absolute atomic E-state index is 5.79. The summed E-state index contributed by atoms with van der Waals surface area (Å²) in [4.78, 5) is 2.15. The summed E-state index contributed by atoms with van der Waals surface area (Å²) in [6.07, 6.45) is 1.01. The summed E-state index contributed by atoms with van der Waals surface area (Å²) >= 11 is 0. The van der Waals surface area contributed by atoms with Gasteiger partial charge in [0.05, 0.1) is 13.7 Å². The molecule has 4 nitrogen and oxygen atoms in total. The van der Waals surface area contributed by atoms with Gasteiger partial charge in [-0.2, -0.15) is 0 Å². The highest BCUT2D eigenvalue weighted by Gasteiger charge is 2.06. The molecule has 0 radical (unpaired) electrons. The van der Waals surface area contributed by atoms with Crippen molar-refractivity contribution >= 4 is 0 Å². The van der Waals surface area contributed by atoms with E-state index in [-0.39, 0.29) is 0 Å². The fourth-order valence-corrected chi connectivity index (χ4v) is 1.83. The Labute approximate surface area is 123 Å². The van der Waals surface area contributed by atoms with Crippen LogP contribution in [-0.4, -0.2) is 45.3 Å². The van der Waals surface area contributed by atoms with Gasteiger partial charge in [-0.05, 0) is 38.2 Å². The van der Waals surface area contributed by atoms with Crippen molar-refractivity contribution in [1.82, 2.24) is 10.2 Å². The Morgan fingerprint density at radius 2 is 1.95 bits per heavy atom. The van der Waals surface area contributed by atoms with Gasteiger partial charge in [0.1, 0.15) is 0 Å². The third kappa shape index (κ3) is 6.26. The van der Waals surface area contributed by atoms with E-state index >= 15 is 0 Å². The van der Waals surface area contributed by atoms with Crippen LogP contribution in [0.1, 0.15) is 25.8 Å². The molecule has 0 fully saturated rings. The average molecular weight is 280 g/mol. The minimum Gasteiger partial charge on any atom is -0.493 e. The molecule has 0 aliphatic carbocycles. The van der Waals surface area contributed by atoms with Crippen LogP contribution in [0, 0.1) is 0 Å². The predicted octanol–water partition coefficient (Wildman–Crippen LogP) is 2.52. The first-order valence-corrected chi connectivity index (χ1v) is 7.20. The Kier molecular flexibility index (Phi) is 7.41. The van der Waals surface area contributed by atoms with Crippen LogP contribution in [-0.2, 0) is 6.54 Å². The number of hydrogen-bond acceptors (Lipinski definition) is 4. The molecule has 0 aliphatic heterocycles. The van der Waals surface area contributed by atoms with Gasteiger partial charge in [0, 0.05) is 19.1 Å². The number of nitrogens with zero attached hydrogens (tertiary/aromatic N) is 1. The van der Waals surface area contributed by atoms with Crippen molar-refractivity contribution in [2.45, 2.75) is 32.9 Å². The van der Waals surface area contributed by atoms with E-state index in [9.17, 15) is 0 Å². The molecule has 20 heavy (non-hydrogen) atoms. The zero-order valence-corrected chi connectivity index (χ0v) is 13.4. The predicted molar refractivity (Wildman–Crippen MR) is 83.6 cm³/mol. The molecule has 0 unspecified atom stereocenters. The minimum atomic E-state index is 0.475. The summed E-state index contributed by atoms with van der Waals surface area (Å²) in [5.41, 5.74) is 1.20. The van der Waals surface area contributed by atoms with Gasteiger partial charge >= 0.3 is 0 Å². The lowest BCUT2D eigenvalue weighted by Gasteiger charge is -2.14. The smallest absolute Gasteiger partial charge is 0.161 e. The number of hydrogen-bond donors (Lipinski definition) is 1. The lowest BCUT2D eigenvalue weighted by molar-refractivity contribution is 0.268. The normalized spacial score (nSPS) is 11.2. The van der Waals surface area contributed by atoms with E-state index < -0.39 is 0 Å². The topological polar surface area (TPSA) is 33.7 Å². The number of nitrogens with one attached hydrogen (secondary N) is 1. The molecule has 0 atom stereocenters. The Morgan fingerprint density at radius 3 is 2.55 bits per heavy atom. The molecule has 0 aliphatic rings. The zero-order chi connectivity index (χ0) is 15.0. The van der Waals surface area contributed by atoms with Gasteiger partial charge in [0.15, 0.2) is 11.5 Å². The summed E-state index contributed by atoms with van der Waals surface area (Å²) in [6, 6.07) is 6.59. The number of rotatable bonds is 9. The zero-order valence-electron chi connectivity index (χ0n) is 13.4. The first-order chi connectivity index (χ1) is 9.52. The van der Waals surface area contributed by atoms with E-state index in [1.54, 1.807) is 7.11 Å². The van der Waals surface area contributed by atoms with Crippen LogP contribution in [0.2, 0.25) is 0 Å². The second-order valence-electron chi connectivity index (χ2n) is 5.53. The van der Waals surface area contributed by atoms with Gasteiger partial charge in [-0.3, -0.25) is 0 Å². The van der Waals surface area contributed by atoms with E-state index in [4.69, 9.17) is 9.47 Å². The Hall–Kier alpha value is -1.26. The second-order valence-corrected chi connectivity index (χ2v) is 5.53. The molecule has 0 bridgehead atoms. The standard InChI is InChI=1S/C16H28N2O2/c1-13(2)17-12-14-7-8-15(16(11-14)19-5)20-10-6-9-18(3)4/h7-8,11,13,17H,6,9-10,12H2,1-5H3. The number of benzene rings is 1. The molecule has 0 amide bonds. The van der Waals surface area contributed by atoms with E-state index in [2.05, 4.69) is 44.2 Å². The van der Waals surface area contributed by atoms with Gasteiger partial charge in [-0.1, -0.05) is 19.9 Å². The van der Waals surface area contributed by atoms with Crippen molar-refractivity contribution in [3.8, 4) is 11.5 Å². The first kappa shape index (κ1) is 16.8. The summed E-state index contributed by atoms with van der Waals surface area (Å²) in [6.45, 7) is 6.85. The van der Waals surface area contributed by atoms with Crippen LogP contribution in [0.5, 0.6) is 11.5 Å². The van der Waals surface area contributed by atoms with Crippen molar-refractivity contribution in [2.75, 3.05) is 34.4 Å². The summed E-state index contributed by atoms with van der Waals surface area (Å²) < 4.78 is 11.2. The van der Waals surface area contributed by atoms with Crippen molar-refractivity contribution < 1.29 is 9.47 Å². The summed E-state index contributed by atoms with van der Waals surface area (Å²) in [5, 5.41) is 3.40. The van der Waals surface area contributed by atoms with Crippen LogP contribution < -0.4 is 14.8 Å². The van der Waals surface area contributed by atoms with Crippen molar-refractivity contribution in [1.29, 1.82) is 0 Å². The SMILES string of the molecule is COc1cc(CNC(C)C)ccc1OCCCN(C)C. The molecular formula is C16H28N2O2. The highest BCUT2D eigenvalue weighted by Crippen LogP contribution is 2.28. The lowest BCUT2D eigenvalue weighted by Crippen LogP contribution is -2.21. The highest BCUT2D eigenvalue weighted by atomic mass is 16.5. The first-order valence-electron chi connectivity index (χ1n) is 7.20. The van der Waals surface area contributed by atoms with Crippen LogP contribution in [0.3, 0.4) is 0 Å². The van der Waals surface area contributed by atoms with E-state index in [0.29, 0.717) is 12.6 Å². The molecule has 1 N–H and O–H groups in total. The Morgan fingerprint density at radius 1 is 1.20 bits per heavy atom. The summed E-state index contributed by atoms with van der Waals surface area (Å²) in [7, 11) is 5.82. The van der Waals surface area contributed by atoms with Gasteiger partial charge in [-0.15, -0.1) is 0 Å². The summed E-state index contributed by atoms with van der Waals surface area (Å²) in [5.74, 6) is 1.62. The average Bonchev–Trinajstić information content (AvgIpc) is 2.41. The van der Waals surface area contributed by atoms with Gasteiger partial charge in [0.25, 0.3) is 0 Å². The van der Waals surface area contributed by atoms with Crippen LogP contribution in [0.25, 0.3) is 0 Å². The van der Waals surface area contributed by atoms with Crippen molar-refractivity contribution in [3.05, 3.63) is 23.8 Å². The monoisotopic (exact) mass is 280 g/mol. The largest absolute Gasteiger partial charge is 0.493 e. The van der Waals surface area contributed by atoms with Crippen LogP contribution in [0.4, 0.5) is 0 Å². The molecule has 1 rings (SSSR count). The number of ether oxygens (including phenoxy) is 2. The maximum Gasteiger partial charge on any atom is 0.161 e. The van der Waals surface area contributed by atoms with Crippen molar-refractivity contribution in [3.63, 3.8) is 0 Å². The molecule has 1 aromatic carbocycles.